The van der Waals surface area contributed by atoms with Crippen LogP contribution in [0.2, 0.25) is 0 Å². The molecule has 4 rings (SSSR count). The first-order valence-electron chi connectivity index (χ1n) is 7.47. The fraction of sp³-hybridized carbons (Fsp3) is 0.167. The van der Waals surface area contributed by atoms with Crippen LogP contribution in [0, 0.1) is 0 Å². The van der Waals surface area contributed by atoms with Gasteiger partial charge in [0, 0.05) is 27.5 Å². The minimum Gasteiger partial charge on any atom is -0.480 e. The van der Waals surface area contributed by atoms with E-state index in [1.54, 1.807) is 0 Å². The molecule has 5 heteroatoms. The third-order valence-electron chi connectivity index (χ3n) is 4.41. The Labute approximate surface area is 141 Å². The van der Waals surface area contributed by atoms with E-state index in [0.29, 0.717) is 6.42 Å². The van der Waals surface area contributed by atoms with E-state index in [0.717, 1.165) is 32.2 Å². The topological polar surface area (TPSA) is 65.1 Å². The Hall–Kier alpha value is -2.11. The number of aliphatic carboxylic acids is 1. The van der Waals surface area contributed by atoms with Gasteiger partial charge in [-0.1, -0.05) is 46.3 Å². The lowest BCUT2D eigenvalue weighted by atomic mass is 9.90. The molecule has 1 aliphatic rings. The number of halogens is 1. The summed E-state index contributed by atoms with van der Waals surface area (Å²) in [6.45, 7) is 0. The highest BCUT2D eigenvalue weighted by molar-refractivity contribution is 9.10. The number of carboxylic acid groups (broad SMARTS) is 1. The van der Waals surface area contributed by atoms with E-state index in [2.05, 4.69) is 26.2 Å². The zero-order valence-electron chi connectivity index (χ0n) is 12.2. The summed E-state index contributed by atoms with van der Waals surface area (Å²) in [5, 5.41) is 13.9. The second kappa shape index (κ2) is 5.51. The number of aromatic amines is 1. The molecule has 23 heavy (non-hydrogen) atoms. The highest BCUT2D eigenvalue weighted by Gasteiger charge is 2.33. The monoisotopic (exact) mass is 370 g/mol. The first-order valence-corrected chi connectivity index (χ1v) is 8.26. The molecule has 0 saturated carbocycles. The van der Waals surface area contributed by atoms with Gasteiger partial charge < -0.3 is 10.1 Å². The van der Waals surface area contributed by atoms with Crippen molar-refractivity contribution in [2.45, 2.75) is 18.5 Å². The molecule has 0 bridgehead atoms. The van der Waals surface area contributed by atoms with Crippen molar-refractivity contribution in [2.75, 3.05) is 0 Å². The van der Waals surface area contributed by atoms with Gasteiger partial charge in [0.1, 0.15) is 6.04 Å². The van der Waals surface area contributed by atoms with Crippen molar-refractivity contribution in [3.63, 3.8) is 0 Å². The predicted molar refractivity (Wildman–Crippen MR) is 92.5 cm³/mol. The van der Waals surface area contributed by atoms with Crippen LogP contribution in [-0.4, -0.2) is 22.1 Å². The van der Waals surface area contributed by atoms with E-state index in [1.165, 1.54) is 0 Å². The van der Waals surface area contributed by atoms with Crippen LogP contribution in [0.25, 0.3) is 10.9 Å². The number of rotatable bonds is 2. The van der Waals surface area contributed by atoms with Crippen molar-refractivity contribution in [1.29, 1.82) is 0 Å². The maximum Gasteiger partial charge on any atom is 0.321 e. The Morgan fingerprint density at radius 2 is 1.87 bits per heavy atom. The first-order chi connectivity index (χ1) is 11.1. The summed E-state index contributed by atoms with van der Waals surface area (Å²) in [5.41, 5.74) is 4.25. The van der Waals surface area contributed by atoms with Gasteiger partial charge >= 0.3 is 5.97 Å². The number of fused-ring (bicyclic) bond motifs is 3. The fourth-order valence-electron chi connectivity index (χ4n) is 3.31. The lowest BCUT2D eigenvalue weighted by molar-refractivity contribution is -0.139. The summed E-state index contributed by atoms with van der Waals surface area (Å²) in [5.74, 6) is -0.817. The quantitative estimate of drug-likeness (QED) is 0.645. The van der Waals surface area contributed by atoms with Gasteiger partial charge in [-0.25, -0.2) is 0 Å². The Bertz CT molecular complexity index is 886. The minimum absolute atomic E-state index is 0.152. The van der Waals surface area contributed by atoms with E-state index < -0.39 is 12.0 Å². The van der Waals surface area contributed by atoms with Crippen LogP contribution in [0.5, 0.6) is 0 Å². The van der Waals surface area contributed by atoms with Gasteiger partial charge in [-0.15, -0.1) is 0 Å². The summed E-state index contributed by atoms with van der Waals surface area (Å²) in [7, 11) is 0. The standard InChI is InChI=1S/C18H15BrN2O2/c19-11-7-5-10(6-8-11)16-17-13(9-15(21-16)18(22)23)12-3-1-2-4-14(12)20-17/h1-8,15-16,20-21H,9H2,(H,22,23)/t15-,16+/m0/s1. The molecule has 3 aromatic rings. The van der Waals surface area contributed by atoms with E-state index >= 15 is 0 Å². The zero-order chi connectivity index (χ0) is 16.0. The molecule has 0 spiro atoms. The largest absolute Gasteiger partial charge is 0.480 e. The lowest BCUT2D eigenvalue weighted by Gasteiger charge is -2.29. The van der Waals surface area contributed by atoms with Crippen LogP contribution in [0.3, 0.4) is 0 Å². The number of nitrogens with one attached hydrogen (secondary N) is 2. The summed E-state index contributed by atoms with van der Waals surface area (Å²) in [6, 6.07) is 15.3. The van der Waals surface area contributed by atoms with Gasteiger partial charge in [0.25, 0.3) is 0 Å². The highest BCUT2D eigenvalue weighted by Crippen LogP contribution is 2.35. The molecule has 3 N–H and O–H groups in total. The van der Waals surface area contributed by atoms with Crippen molar-refractivity contribution >= 4 is 32.8 Å². The van der Waals surface area contributed by atoms with Crippen molar-refractivity contribution in [3.05, 3.63) is 69.8 Å². The van der Waals surface area contributed by atoms with Crippen LogP contribution in [0.1, 0.15) is 22.9 Å². The molecule has 0 radical (unpaired) electrons. The first kappa shape index (κ1) is 14.5. The molecule has 4 nitrogen and oxygen atoms in total. The van der Waals surface area contributed by atoms with Crippen LogP contribution >= 0.6 is 15.9 Å². The van der Waals surface area contributed by atoms with Gasteiger partial charge in [0.05, 0.1) is 6.04 Å². The maximum absolute atomic E-state index is 11.6. The van der Waals surface area contributed by atoms with Crippen LogP contribution in [0.4, 0.5) is 0 Å². The molecule has 0 aliphatic carbocycles. The predicted octanol–water partition coefficient (Wildman–Crippen LogP) is 3.62. The molecule has 2 atom stereocenters. The Morgan fingerprint density at radius 3 is 2.61 bits per heavy atom. The summed E-state index contributed by atoms with van der Waals surface area (Å²) >= 11 is 3.44. The summed E-state index contributed by atoms with van der Waals surface area (Å²) in [6.07, 6.45) is 0.488. The Balaban J connectivity index is 1.89. The lowest BCUT2D eigenvalue weighted by Crippen LogP contribution is -2.44. The third-order valence-corrected chi connectivity index (χ3v) is 4.94. The second-order valence-electron chi connectivity index (χ2n) is 5.81. The molecule has 0 amide bonds. The Morgan fingerprint density at radius 1 is 1.13 bits per heavy atom. The molecule has 0 fully saturated rings. The average molecular weight is 371 g/mol. The number of para-hydroxylation sites is 1. The molecule has 1 aromatic heterocycles. The molecular formula is C18H15BrN2O2. The number of benzene rings is 2. The minimum atomic E-state index is -0.817. The van der Waals surface area contributed by atoms with Gasteiger partial charge in [-0.2, -0.15) is 0 Å². The van der Waals surface area contributed by atoms with Crippen LogP contribution < -0.4 is 5.32 Å². The van der Waals surface area contributed by atoms with E-state index in [9.17, 15) is 9.90 Å². The average Bonchev–Trinajstić information content (AvgIpc) is 2.93. The molecule has 0 unspecified atom stereocenters. The second-order valence-corrected chi connectivity index (χ2v) is 6.72. The van der Waals surface area contributed by atoms with Gasteiger partial charge in [0.2, 0.25) is 0 Å². The number of aromatic nitrogens is 1. The van der Waals surface area contributed by atoms with E-state index in [1.807, 2.05) is 48.5 Å². The summed E-state index contributed by atoms with van der Waals surface area (Å²) in [4.78, 5) is 15.0. The smallest absolute Gasteiger partial charge is 0.321 e. The van der Waals surface area contributed by atoms with Gasteiger partial charge in [0.15, 0.2) is 0 Å². The number of carboxylic acids is 1. The van der Waals surface area contributed by atoms with Crippen LogP contribution in [-0.2, 0) is 11.2 Å². The van der Waals surface area contributed by atoms with Crippen molar-refractivity contribution in [3.8, 4) is 0 Å². The molecule has 2 aromatic carbocycles. The highest BCUT2D eigenvalue weighted by atomic mass is 79.9. The van der Waals surface area contributed by atoms with Crippen LogP contribution in [0.15, 0.2) is 53.0 Å². The molecular weight excluding hydrogens is 356 g/mol. The van der Waals surface area contributed by atoms with E-state index in [-0.39, 0.29) is 6.04 Å². The van der Waals surface area contributed by atoms with Crippen molar-refractivity contribution in [2.24, 2.45) is 0 Å². The number of H-pyrrole nitrogens is 1. The van der Waals surface area contributed by atoms with Gasteiger partial charge in [-0.05, 0) is 29.3 Å². The van der Waals surface area contributed by atoms with Crippen molar-refractivity contribution < 1.29 is 9.90 Å². The summed E-state index contributed by atoms with van der Waals surface area (Å²) < 4.78 is 1.00. The molecule has 1 aliphatic heterocycles. The zero-order valence-corrected chi connectivity index (χ0v) is 13.8. The van der Waals surface area contributed by atoms with E-state index in [4.69, 9.17) is 0 Å². The van der Waals surface area contributed by atoms with Gasteiger partial charge in [-0.3, -0.25) is 10.1 Å². The molecule has 0 saturated heterocycles. The molecule has 116 valence electrons. The van der Waals surface area contributed by atoms with Crippen molar-refractivity contribution in [1.82, 2.24) is 10.3 Å². The Kier molecular flexibility index (Phi) is 3.47. The molecule has 2 heterocycles. The number of hydrogen-bond donors (Lipinski definition) is 3. The maximum atomic E-state index is 11.6. The normalized spacial score (nSPS) is 20.4. The number of hydrogen-bond acceptors (Lipinski definition) is 2. The SMILES string of the molecule is O=C(O)[C@@H]1Cc2c([nH]c3ccccc23)[C@@H](c2ccc(Br)cc2)N1. The fourth-order valence-corrected chi connectivity index (χ4v) is 3.58. The number of carbonyl (C=O) groups is 1. The third kappa shape index (κ3) is 2.46.